The Hall–Kier alpha value is -5.71. The van der Waals surface area contributed by atoms with Crippen LogP contribution in [-0.4, -0.2) is 39.1 Å². The van der Waals surface area contributed by atoms with Crippen LogP contribution in [0.5, 0.6) is 17.2 Å². The Labute approximate surface area is 299 Å². The van der Waals surface area contributed by atoms with Gasteiger partial charge in [0.15, 0.2) is 11.5 Å². The quantitative estimate of drug-likeness (QED) is 0.0834. The lowest BCUT2D eigenvalue weighted by Gasteiger charge is -2.18. The highest BCUT2D eigenvalue weighted by Crippen LogP contribution is 2.38. The second-order valence-corrected chi connectivity index (χ2v) is 12.3. The Morgan fingerprint density at radius 3 is 2.02 bits per heavy atom. The van der Waals surface area contributed by atoms with E-state index in [4.69, 9.17) is 25.8 Å². The highest BCUT2D eigenvalue weighted by atomic mass is 35.5. The smallest absolute Gasteiger partial charge is 0.272 e. The van der Waals surface area contributed by atoms with Crippen LogP contribution in [0.15, 0.2) is 132 Å². The van der Waals surface area contributed by atoms with Crippen molar-refractivity contribution in [2.24, 2.45) is 0 Å². The van der Waals surface area contributed by atoms with Crippen LogP contribution in [0.3, 0.4) is 0 Å². The molecule has 5 rings (SSSR count). The molecule has 0 aliphatic heterocycles. The largest absolute Gasteiger partial charge is 0.495 e. The number of ether oxygens (including phenoxy) is 3. The third-order valence-electron chi connectivity index (χ3n) is 7.35. The second kappa shape index (κ2) is 17.1. The van der Waals surface area contributed by atoms with Crippen molar-refractivity contribution in [3.8, 4) is 17.2 Å². The summed E-state index contributed by atoms with van der Waals surface area (Å²) in [5.41, 5.74) is 2.76. The Kier molecular flexibility index (Phi) is 12.2. The molecule has 1 atom stereocenters. The van der Waals surface area contributed by atoms with Crippen molar-refractivity contribution in [1.29, 1.82) is 0 Å². The number of benzene rings is 5. The van der Waals surface area contributed by atoms with Gasteiger partial charge in [-0.15, -0.1) is 11.8 Å². The average Bonchev–Trinajstić information content (AvgIpc) is 3.14. The van der Waals surface area contributed by atoms with Crippen molar-refractivity contribution in [1.82, 2.24) is 5.32 Å². The van der Waals surface area contributed by atoms with Crippen molar-refractivity contribution in [2.75, 3.05) is 32.0 Å². The predicted molar refractivity (Wildman–Crippen MR) is 198 cm³/mol. The maximum absolute atomic E-state index is 13.8. The number of amides is 3. The fourth-order valence-electron chi connectivity index (χ4n) is 4.89. The molecule has 5 aromatic rings. The second-order valence-electron chi connectivity index (χ2n) is 10.7. The monoisotopic (exact) mass is 707 g/mol. The van der Waals surface area contributed by atoms with Crippen LogP contribution in [0.2, 0.25) is 5.02 Å². The fraction of sp³-hybridized carbons (Fsp3) is 0.103. The van der Waals surface area contributed by atoms with Crippen molar-refractivity contribution in [2.45, 2.75) is 10.1 Å². The molecule has 254 valence electrons. The van der Waals surface area contributed by atoms with Crippen molar-refractivity contribution in [3.05, 3.63) is 149 Å². The minimum absolute atomic E-state index is 0.00354. The summed E-state index contributed by atoms with van der Waals surface area (Å²) in [6, 6.07) is 35.3. The highest BCUT2D eigenvalue weighted by Gasteiger charge is 2.23. The summed E-state index contributed by atoms with van der Waals surface area (Å²) in [6.45, 7) is 0. The summed E-state index contributed by atoms with van der Waals surface area (Å²) in [4.78, 5) is 41.3. The third-order valence-corrected chi connectivity index (χ3v) is 8.90. The molecule has 0 saturated carbocycles. The molecule has 9 nitrogen and oxygen atoms in total. The molecular weight excluding hydrogens is 674 g/mol. The molecule has 0 spiro atoms. The SMILES string of the molecule is COc1ccc(NC(=O)C(Sc2cccc(NC(=O)/C(=C\c3ccc(OC)c(OC)c3)NC(=O)c3ccccc3)c2)c2ccccc2)cc1Cl. The Bertz CT molecular complexity index is 2010. The van der Waals surface area contributed by atoms with Crippen LogP contribution in [0, 0.1) is 0 Å². The average molecular weight is 708 g/mol. The zero-order valence-corrected chi connectivity index (χ0v) is 29.0. The number of nitrogens with one attached hydrogen (secondary N) is 3. The van der Waals surface area contributed by atoms with Gasteiger partial charge in [-0.2, -0.15) is 0 Å². The molecule has 3 amide bonds. The van der Waals surface area contributed by atoms with Crippen LogP contribution in [0.25, 0.3) is 6.08 Å². The number of anilines is 2. The van der Waals surface area contributed by atoms with Gasteiger partial charge in [0.05, 0.1) is 26.4 Å². The summed E-state index contributed by atoms with van der Waals surface area (Å²) in [5.74, 6) is 0.215. The molecule has 0 aromatic heterocycles. The van der Waals surface area contributed by atoms with E-state index in [0.29, 0.717) is 44.8 Å². The predicted octanol–water partition coefficient (Wildman–Crippen LogP) is 8.25. The van der Waals surface area contributed by atoms with Gasteiger partial charge < -0.3 is 30.2 Å². The summed E-state index contributed by atoms with van der Waals surface area (Å²) < 4.78 is 16.0. The molecule has 0 radical (unpaired) electrons. The topological polar surface area (TPSA) is 115 Å². The van der Waals surface area contributed by atoms with E-state index in [-0.39, 0.29) is 11.6 Å². The number of rotatable bonds is 13. The third kappa shape index (κ3) is 9.25. The molecule has 0 bridgehead atoms. The van der Waals surface area contributed by atoms with Gasteiger partial charge in [0, 0.05) is 21.8 Å². The number of thioether (sulfide) groups is 1. The molecule has 11 heteroatoms. The molecule has 1 unspecified atom stereocenters. The van der Waals surface area contributed by atoms with Gasteiger partial charge in [-0.1, -0.05) is 72.3 Å². The molecule has 5 aromatic carbocycles. The Balaban J connectivity index is 1.39. The first-order chi connectivity index (χ1) is 24.3. The van der Waals surface area contributed by atoms with E-state index in [2.05, 4.69) is 16.0 Å². The van der Waals surface area contributed by atoms with E-state index in [1.165, 1.54) is 33.1 Å². The summed E-state index contributed by atoms with van der Waals surface area (Å²) in [7, 11) is 4.57. The zero-order valence-electron chi connectivity index (χ0n) is 27.4. The normalized spacial score (nSPS) is 11.6. The number of hydrogen-bond acceptors (Lipinski definition) is 7. The van der Waals surface area contributed by atoms with E-state index in [1.807, 2.05) is 36.4 Å². The number of carbonyl (C=O) groups is 3. The van der Waals surface area contributed by atoms with E-state index >= 15 is 0 Å². The van der Waals surface area contributed by atoms with Crippen molar-refractivity contribution in [3.63, 3.8) is 0 Å². The zero-order chi connectivity index (χ0) is 35.5. The van der Waals surface area contributed by atoms with Crippen LogP contribution >= 0.6 is 23.4 Å². The maximum Gasteiger partial charge on any atom is 0.272 e. The minimum Gasteiger partial charge on any atom is -0.495 e. The minimum atomic E-state index is -0.645. The van der Waals surface area contributed by atoms with Crippen LogP contribution in [0.4, 0.5) is 11.4 Å². The molecule has 3 N–H and O–H groups in total. The number of hydrogen-bond donors (Lipinski definition) is 3. The highest BCUT2D eigenvalue weighted by molar-refractivity contribution is 8.00. The Morgan fingerprint density at radius 1 is 0.680 bits per heavy atom. The lowest BCUT2D eigenvalue weighted by Crippen LogP contribution is -2.30. The fourth-order valence-corrected chi connectivity index (χ4v) is 6.23. The molecular formula is C39H34ClN3O6S. The summed E-state index contributed by atoms with van der Waals surface area (Å²) >= 11 is 7.61. The van der Waals surface area contributed by atoms with Gasteiger partial charge in [0.1, 0.15) is 16.7 Å². The molecule has 0 fully saturated rings. The van der Waals surface area contributed by atoms with Gasteiger partial charge in [0.25, 0.3) is 11.8 Å². The Morgan fingerprint density at radius 2 is 1.34 bits per heavy atom. The lowest BCUT2D eigenvalue weighted by molar-refractivity contribution is -0.116. The number of methoxy groups -OCH3 is 3. The summed E-state index contributed by atoms with van der Waals surface area (Å²) in [5, 5.41) is 8.32. The van der Waals surface area contributed by atoms with Crippen LogP contribution in [-0.2, 0) is 9.59 Å². The van der Waals surface area contributed by atoms with E-state index in [1.54, 1.807) is 91.0 Å². The van der Waals surface area contributed by atoms with Crippen molar-refractivity contribution >= 4 is 58.5 Å². The first-order valence-electron chi connectivity index (χ1n) is 15.4. The van der Waals surface area contributed by atoms with Gasteiger partial charge in [0.2, 0.25) is 5.91 Å². The molecule has 0 heterocycles. The number of carbonyl (C=O) groups excluding carboxylic acids is 3. The molecule has 0 aliphatic rings. The first-order valence-corrected chi connectivity index (χ1v) is 16.6. The molecule has 0 aliphatic carbocycles. The summed E-state index contributed by atoms with van der Waals surface area (Å²) in [6.07, 6.45) is 1.55. The van der Waals surface area contributed by atoms with Crippen molar-refractivity contribution < 1.29 is 28.6 Å². The number of halogens is 1. The first kappa shape index (κ1) is 35.6. The van der Waals surface area contributed by atoms with E-state index in [9.17, 15) is 14.4 Å². The van der Waals surface area contributed by atoms with Gasteiger partial charge in [-0.3, -0.25) is 14.4 Å². The standard InChI is InChI=1S/C39H34ClN3O6S/c1-47-33-20-18-29(24-31(33)40)42-39(46)36(26-11-6-4-7-12-26)50-30-16-10-15-28(23-30)41-38(45)32(43-37(44)27-13-8-5-9-14-27)21-25-17-19-34(48-2)35(22-25)49-3/h4-24,36H,1-3H3,(H,41,45)(H,42,46)(H,43,44)/b32-21+. The maximum atomic E-state index is 13.8. The van der Waals surface area contributed by atoms with Gasteiger partial charge in [-0.25, -0.2) is 0 Å². The van der Waals surface area contributed by atoms with Crippen LogP contribution in [0.1, 0.15) is 26.7 Å². The van der Waals surface area contributed by atoms with Crippen LogP contribution < -0.4 is 30.2 Å². The van der Waals surface area contributed by atoms with Gasteiger partial charge in [-0.05, 0) is 77.9 Å². The molecule has 0 saturated heterocycles. The molecule has 50 heavy (non-hydrogen) atoms. The lowest BCUT2D eigenvalue weighted by atomic mass is 10.1. The van der Waals surface area contributed by atoms with E-state index in [0.717, 1.165) is 10.5 Å². The van der Waals surface area contributed by atoms with Gasteiger partial charge >= 0.3 is 0 Å². The van der Waals surface area contributed by atoms with E-state index < -0.39 is 17.1 Å².